The van der Waals surface area contributed by atoms with Gasteiger partial charge in [0.1, 0.15) is 18.2 Å². The zero-order valence-electron chi connectivity index (χ0n) is 17.2. The van der Waals surface area contributed by atoms with E-state index in [1.807, 2.05) is 55.5 Å². The number of benzene rings is 3. The molecule has 0 radical (unpaired) electrons. The van der Waals surface area contributed by atoms with Crippen LogP contribution in [0.2, 0.25) is 5.02 Å². The Labute approximate surface area is 194 Å². The number of hydrogen-bond acceptors (Lipinski definition) is 4. The average molecular weight is 468 g/mol. The Morgan fingerprint density at radius 3 is 2.62 bits per heavy atom. The number of carbonyl (C=O) groups excluding carboxylic acids is 2. The van der Waals surface area contributed by atoms with E-state index in [0.717, 1.165) is 27.8 Å². The maximum Gasteiger partial charge on any atom is 0.293 e. The fourth-order valence-corrected chi connectivity index (χ4v) is 4.37. The summed E-state index contributed by atoms with van der Waals surface area (Å²) in [6.07, 6.45) is 1.62. The summed E-state index contributed by atoms with van der Waals surface area (Å²) in [5, 5.41) is -0.304. The predicted octanol–water partition coefficient (Wildman–Crippen LogP) is 6.60. The van der Waals surface area contributed by atoms with Gasteiger partial charge in [0.05, 0.1) is 11.4 Å². The summed E-state index contributed by atoms with van der Waals surface area (Å²) >= 11 is 6.87. The fraction of sp³-hybridized carbons (Fsp3) is 0.120. The molecule has 0 atom stereocenters. The molecule has 3 aromatic rings. The first-order chi connectivity index (χ1) is 15.4. The van der Waals surface area contributed by atoms with Crippen molar-refractivity contribution in [1.29, 1.82) is 0 Å². The average Bonchev–Trinajstić information content (AvgIpc) is 3.03. The maximum absolute atomic E-state index is 14.1. The summed E-state index contributed by atoms with van der Waals surface area (Å²) < 4.78 is 20.1. The molecule has 1 aliphatic rings. The third kappa shape index (κ3) is 4.87. The Morgan fingerprint density at radius 1 is 1.06 bits per heavy atom. The summed E-state index contributed by atoms with van der Waals surface area (Å²) in [6, 6.07) is 19.6. The molecular weight excluding hydrogens is 449 g/mol. The highest BCUT2D eigenvalue weighted by Crippen LogP contribution is 2.36. The highest BCUT2D eigenvalue weighted by Gasteiger charge is 2.36. The van der Waals surface area contributed by atoms with Crippen molar-refractivity contribution >= 4 is 40.6 Å². The van der Waals surface area contributed by atoms with Crippen molar-refractivity contribution in [3.8, 4) is 5.75 Å². The van der Waals surface area contributed by atoms with Crippen LogP contribution in [0.4, 0.5) is 9.18 Å². The van der Waals surface area contributed by atoms with Crippen LogP contribution >= 0.6 is 23.4 Å². The first-order valence-corrected chi connectivity index (χ1v) is 11.1. The van der Waals surface area contributed by atoms with Crippen LogP contribution in [-0.4, -0.2) is 16.0 Å². The number of hydrogen-bond donors (Lipinski definition) is 0. The molecule has 0 aliphatic carbocycles. The molecule has 2 amide bonds. The second-order valence-electron chi connectivity index (χ2n) is 7.28. The van der Waals surface area contributed by atoms with Crippen molar-refractivity contribution in [3.05, 3.63) is 105 Å². The molecule has 162 valence electrons. The Balaban J connectivity index is 1.54. The molecule has 0 saturated carbocycles. The number of aryl methyl sites for hydroxylation is 1. The van der Waals surface area contributed by atoms with Gasteiger partial charge in [-0.3, -0.25) is 14.5 Å². The third-order valence-electron chi connectivity index (χ3n) is 4.93. The second kappa shape index (κ2) is 9.59. The van der Waals surface area contributed by atoms with E-state index in [0.29, 0.717) is 17.9 Å². The van der Waals surface area contributed by atoms with Crippen molar-refractivity contribution in [2.45, 2.75) is 20.1 Å². The molecule has 1 heterocycles. The first kappa shape index (κ1) is 22.1. The first-order valence-electron chi connectivity index (χ1n) is 9.88. The smallest absolute Gasteiger partial charge is 0.293 e. The normalized spacial score (nSPS) is 15.0. The van der Waals surface area contributed by atoms with E-state index < -0.39 is 17.0 Å². The van der Waals surface area contributed by atoms with Gasteiger partial charge in [0, 0.05) is 16.1 Å². The van der Waals surface area contributed by atoms with Crippen LogP contribution in [0.25, 0.3) is 6.08 Å². The minimum Gasteiger partial charge on any atom is -0.488 e. The van der Waals surface area contributed by atoms with Crippen LogP contribution < -0.4 is 4.74 Å². The molecule has 1 saturated heterocycles. The lowest BCUT2D eigenvalue weighted by molar-refractivity contribution is -0.123. The van der Waals surface area contributed by atoms with E-state index in [-0.39, 0.29) is 22.0 Å². The van der Waals surface area contributed by atoms with Gasteiger partial charge in [0.15, 0.2) is 0 Å². The van der Waals surface area contributed by atoms with E-state index >= 15 is 0 Å². The van der Waals surface area contributed by atoms with E-state index in [1.165, 1.54) is 18.2 Å². The van der Waals surface area contributed by atoms with Crippen LogP contribution in [-0.2, 0) is 17.9 Å². The Morgan fingerprint density at radius 2 is 1.84 bits per heavy atom. The number of para-hydroxylation sites is 1. The number of imide groups is 1. The van der Waals surface area contributed by atoms with Crippen LogP contribution in [0, 0.1) is 12.7 Å². The molecule has 0 aromatic heterocycles. The molecule has 7 heteroatoms. The zero-order valence-corrected chi connectivity index (χ0v) is 18.8. The number of rotatable bonds is 6. The van der Waals surface area contributed by atoms with Crippen LogP contribution in [0.1, 0.15) is 22.3 Å². The molecule has 4 rings (SSSR count). The molecule has 4 nitrogen and oxygen atoms in total. The molecule has 32 heavy (non-hydrogen) atoms. The molecule has 1 fully saturated rings. The van der Waals surface area contributed by atoms with Crippen LogP contribution in [0.3, 0.4) is 0 Å². The van der Waals surface area contributed by atoms with Crippen molar-refractivity contribution in [2.24, 2.45) is 0 Å². The van der Waals surface area contributed by atoms with Gasteiger partial charge >= 0.3 is 0 Å². The van der Waals surface area contributed by atoms with Gasteiger partial charge in [-0.1, -0.05) is 65.7 Å². The van der Waals surface area contributed by atoms with Crippen LogP contribution in [0.15, 0.2) is 71.6 Å². The number of nitrogens with zero attached hydrogens (tertiary/aromatic N) is 1. The van der Waals surface area contributed by atoms with Gasteiger partial charge in [-0.15, -0.1) is 0 Å². The molecule has 3 aromatic carbocycles. The van der Waals surface area contributed by atoms with Gasteiger partial charge in [-0.05, 0) is 48.5 Å². The van der Waals surface area contributed by atoms with Gasteiger partial charge in [0.2, 0.25) is 0 Å². The molecule has 0 N–H and O–H groups in total. The quantitative estimate of drug-likeness (QED) is 0.383. The molecule has 0 spiro atoms. The summed E-state index contributed by atoms with van der Waals surface area (Å²) in [5.74, 6) is -0.457. The van der Waals surface area contributed by atoms with E-state index in [1.54, 1.807) is 6.08 Å². The predicted molar refractivity (Wildman–Crippen MR) is 125 cm³/mol. The van der Waals surface area contributed by atoms with Crippen molar-refractivity contribution in [2.75, 3.05) is 0 Å². The monoisotopic (exact) mass is 467 g/mol. The largest absolute Gasteiger partial charge is 0.488 e. The van der Waals surface area contributed by atoms with Gasteiger partial charge < -0.3 is 4.74 Å². The van der Waals surface area contributed by atoms with E-state index in [4.69, 9.17) is 16.3 Å². The van der Waals surface area contributed by atoms with E-state index in [2.05, 4.69) is 0 Å². The lowest BCUT2D eigenvalue weighted by Gasteiger charge is -2.14. The fourth-order valence-electron chi connectivity index (χ4n) is 3.31. The molecule has 0 unspecified atom stereocenters. The van der Waals surface area contributed by atoms with Crippen molar-refractivity contribution in [3.63, 3.8) is 0 Å². The standard InChI is InChI=1S/C25H19ClFNO3S/c1-16-6-4-7-17(12-16)15-31-22-11-3-2-8-18(22)13-23-24(29)28(25(30)32-23)14-19-20(26)9-5-10-21(19)27/h2-13H,14-15H2,1H3/b23-13-. The molecular formula is C25H19ClFNO3S. The third-order valence-corrected chi connectivity index (χ3v) is 6.20. The summed E-state index contributed by atoms with van der Waals surface area (Å²) in [5.41, 5.74) is 2.96. The summed E-state index contributed by atoms with van der Waals surface area (Å²) in [7, 11) is 0. The van der Waals surface area contributed by atoms with Gasteiger partial charge in [-0.2, -0.15) is 0 Å². The number of ether oxygens (including phenoxy) is 1. The zero-order chi connectivity index (χ0) is 22.7. The Hall–Kier alpha value is -3.09. The highest BCUT2D eigenvalue weighted by molar-refractivity contribution is 8.18. The summed E-state index contributed by atoms with van der Waals surface area (Å²) in [4.78, 5) is 26.6. The number of amides is 2. The summed E-state index contributed by atoms with van der Waals surface area (Å²) in [6.45, 7) is 2.17. The molecule has 1 aliphatic heterocycles. The molecule has 0 bridgehead atoms. The van der Waals surface area contributed by atoms with E-state index in [9.17, 15) is 14.0 Å². The second-order valence-corrected chi connectivity index (χ2v) is 8.68. The minimum absolute atomic E-state index is 0.111. The maximum atomic E-state index is 14.1. The lowest BCUT2D eigenvalue weighted by Crippen LogP contribution is -2.28. The van der Waals surface area contributed by atoms with Gasteiger partial charge in [-0.25, -0.2) is 4.39 Å². The number of halogens is 2. The number of carbonyl (C=O) groups is 2. The Kier molecular flexibility index (Phi) is 6.63. The lowest BCUT2D eigenvalue weighted by atomic mass is 10.1. The van der Waals surface area contributed by atoms with Crippen molar-refractivity contribution in [1.82, 2.24) is 4.90 Å². The SMILES string of the molecule is Cc1cccc(COc2ccccc2/C=C2\SC(=O)N(Cc3c(F)cccc3Cl)C2=O)c1. The van der Waals surface area contributed by atoms with Crippen molar-refractivity contribution < 1.29 is 18.7 Å². The Bertz CT molecular complexity index is 1210. The topological polar surface area (TPSA) is 46.6 Å². The minimum atomic E-state index is -0.560. The van der Waals surface area contributed by atoms with Gasteiger partial charge in [0.25, 0.3) is 11.1 Å². The highest BCUT2D eigenvalue weighted by atomic mass is 35.5. The van der Waals surface area contributed by atoms with Crippen LogP contribution in [0.5, 0.6) is 5.75 Å². The number of thioether (sulfide) groups is 1.